The molecule has 1 aliphatic heterocycles. The van der Waals surface area contributed by atoms with Crippen molar-refractivity contribution in [3.63, 3.8) is 0 Å². The van der Waals surface area contributed by atoms with Crippen LogP contribution in [0.3, 0.4) is 0 Å². The highest BCUT2D eigenvalue weighted by molar-refractivity contribution is 6.02. The lowest BCUT2D eigenvalue weighted by Crippen LogP contribution is -2.56. The van der Waals surface area contributed by atoms with E-state index in [9.17, 15) is 9.18 Å². The standard InChI is InChI=1S/C21H23F3N4O2/c1-12-26-16(11-30-12)18(29)27-13-4-5-15(22)14(10-13)19(2)21(23,24)20(7-3-8-20)9-6-17(25)28-19/h4-5,10-11H,3,6-9H2,1-2H3,(H2,25,28)(H,27,29). The number of carbonyl (C=O) groups is 1. The number of oxazole rings is 1. The van der Waals surface area contributed by atoms with E-state index in [0.29, 0.717) is 25.2 Å². The molecule has 1 unspecified atom stereocenters. The fourth-order valence-electron chi connectivity index (χ4n) is 4.49. The van der Waals surface area contributed by atoms with E-state index in [4.69, 9.17) is 10.2 Å². The van der Waals surface area contributed by atoms with Crippen molar-refractivity contribution in [3.8, 4) is 0 Å². The van der Waals surface area contributed by atoms with Gasteiger partial charge in [0.25, 0.3) is 11.8 Å². The number of amides is 1. The Morgan fingerprint density at radius 1 is 1.27 bits per heavy atom. The summed E-state index contributed by atoms with van der Waals surface area (Å²) >= 11 is 0. The smallest absolute Gasteiger partial charge is 0.282 e. The number of benzene rings is 1. The molecule has 30 heavy (non-hydrogen) atoms. The van der Waals surface area contributed by atoms with Crippen LogP contribution in [0.15, 0.2) is 33.9 Å². The molecule has 0 bridgehead atoms. The normalized spacial score (nSPS) is 24.6. The Kier molecular flexibility index (Phi) is 4.67. The lowest BCUT2D eigenvalue weighted by Gasteiger charge is -2.51. The molecule has 2 aliphatic rings. The zero-order valence-corrected chi connectivity index (χ0v) is 16.8. The largest absolute Gasteiger partial charge is 0.448 e. The van der Waals surface area contributed by atoms with Gasteiger partial charge in [-0.25, -0.2) is 18.2 Å². The molecule has 2 aromatic rings. The molecule has 1 amide bonds. The molecule has 1 saturated carbocycles. The number of nitrogens with one attached hydrogen (secondary N) is 1. The summed E-state index contributed by atoms with van der Waals surface area (Å²) < 4.78 is 51.6. The first-order valence-corrected chi connectivity index (χ1v) is 9.83. The number of alkyl halides is 2. The lowest BCUT2D eigenvalue weighted by atomic mass is 9.57. The second-order valence-corrected chi connectivity index (χ2v) is 8.28. The fourth-order valence-corrected chi connectivity index (χ4v) is 4.49. The maximum atomic E-state index is 15.9. The molecule has 3 N–H and O–H groups in total. The number of aryl methyl sites for hydroxylation is 1. The summed E-state index contributed by atoms with van der Waals surface area (Å²) in [6.45, 7) is 2.80. The predicted octanol–water partition coefficient (Wildman–Crippen LogP) is 4.55. The molecule has 1 fully saturated rings. The van der Waals surface area contributed by atoms with Gasteiger partial charge in [-0.1, -0.05) is 6.42 Å². The first-order chi connectivity index (χ1) is 14.1. The summed E-state index contributed by atoms with van der Waals surface area (Å²) in [5.41, 5.74) is 2.34. The van der Waals surface area contributed by atoms with Gasteiger partial charge < -0.3 is 15.5 Å². The molecule has 9 heteroatoms. The summed E-state index contributed by atoms with van der Waals surface area (Å²) in [5, 5.41) is 2.55. The zero-order chi connectivity index (χ0) is 21.7. The fraction of sp³-hybridized carbons (Fsp3) is 0.476. The summed E-state index contributed by atoms with van der Waals surface area (Å²) in [4.78, 5) is 20.4. The number of amidine groups is 1. The lowest BCUT2D eigenvalue weighted by molar-refractivity contribution is -0.205. The van der Waals surface area contributed by atoms with Crippen LogP contribution in [0.1, 0.15) is 61.0 Å². The van der Waals surface area contributed by atoms with Crippen molar-refractivity contribution in [3.05, 3.63) is 47.4 Å². The number of aliphatic imine (C=N–C) groups is 1. The van der Waals surface area contributed by atoms with Gasteiger partial charge in [-0.15, -0.1) is 0 Å². The van der Waals surface area contributed by atoms with Crippen LogP contribution in [0, 0.1) is 18.2 Å². The first kappa shape index (κ1) is 20.4. The topological polar surface area (TPSA) is 93.5 Å². The van der Waals surface area contributed by atoms with Crippen molar-refractivity contribution in [1.82, 2.24) is 4.98 Å². The highest BCUT2D eigenvalue weighted by Crippen LogP contribution is 2.63. The average Bonchev–Trinajstić information content (AvgIpc) is 3.05. The van der Waals surface area contributed by atoms with E-state index in [1.807, 2.05) is 0 Å². The zero-order valence-electron chi connectivity index (χ0n) is 16.8. The molecule has 2 heterocycles. The van der Waals surface area contributed by atoms with Crippen LogP contribution in [-0.4, -0.2) is 22.6 Å². The van der Waals surface area contributed by atoms with Crippen LogP contribution in [0.5, 0.6) is 0 Å². The van der Waals surface area contributed by atoms with E-state index < -0.39 is 28.6 Å². The van der Waals surface area contributed by atoms with Gasteiger partial charge >= 0.3 is 0 Å². The Labute approximate surface area is 171 Å². The Balaban J connectivity index is 1.75. The molecule has 0 radical (unpaired) electrons. The number of carbonyl (C=O) groups excluding carboxylic acids is 1. The van der Waals surface area contributed by atoms with Crippen LogP contribution in [0.4, 0.5) is 18.9 Å². The van der Waals surface area contributed by atoms with Crippen LogP contribution < -0.4 is 11.1 Å². The van der Waals surface area contributed by atoms with Gasteiger partial charge in [-0.3, -0.25) is 9.79 Å². The van der Waals surface area contributed by atoms with E-state index in [0.717, 1.165) is 6.07 Å². The van der Waals surface area contributed by atoms with Gasteiger partial charge in [0.05, 0.1) is 5.84 Å². The van der Waals surface area contributed by atoms with Crippen LogP contribution in [-0.2, 0) is 5.54 Å². The second kappa shape index (κ2) is 6.85. The van der Waals surface area contributed by atoms with Gasteiger partial charge in [0.1, 0.15) is 12.1 Å². The number of halogens is 3. The Hall–Kier alpha value is -2.84. The number of aromatic nitrogens is 1. The molecule has 1 aromatic heterocycles. The second-order valence-electron chi connectivity index (χ2n) is 8.28. The third-order valence-corrected chi connectivity index (χ3v) is 6.42. The number of rotatable bonds is 3. The monoisotopic (exact) mass is 420 g/mol. The molecule has 0 saturated heterocycles. The van der Waals surface area contributed by atoms with E-state index in [1.165, 1.54) is 25.3 Å². The Morgan fingerprint density at radius 2 is 2.00 bits per heavy atom. The van der Waals surface area contributed by atoms with E-state index in [2.05, 4.69) is 15.3 Å². The van der Waals surface area contributed by atoms with Crippen LogP contribution in [0.25, 0.3) is 0 Å². The van der Waals surface area contributed by atoms with Crippen molar-refractivity contribution < 1.29 is 22.4 Å². The number of hydrogen-bond acceptors (Lipinski definition) is 5. The maximum Gasteiger partial charge on any atom is 0.282 e. The molecule has 6 nitrogen and oxygen atoms in total. The number of hydrogen-bond donors (Lipinski definition) is 2. The summed E-state index contributed by atoms with van der Waals surface area (Å²) in [6.07, 6.45) is 3.04. The Morgan fingerprint density at radius 3 is 2.60 bits per heavy atom. The predicted molar refractivity (Wildman–Crippen MR) is 105 cm³/mol. The number of nitrogens with zero attached hydrogens (tertiary/aromatic N) is 2. The molecule has 1 aromatic carbocycles. The summed E-state index contributed by atoms with van der Waals surface area (Å²) in [6, 6.07) is 3.54. The quantitative estimate of drug-likeness (QED) is 0.762. The van der Waals surface area contributed by atoms with Crippen molar-refractivity contribution in [2.45, 2.75) is 57.4 Å². The molecular formula is C21H23F3N4O2. The minimum absolute atomic E-state index is 0.0278. The minimum atomic E-state index is -3.31. The van der Waals surface area contributed by atoms with E-state index >= 15 is 8.78 Å². The SMILES string of the molecule is Cc1nc(C(=O)Nc2ccc(F)c(C3(C)N=C(N)CCC4(CCC4)C3(F)F)c2)co1. The van der Waals surface area contributed by atoms with E-state index in [-0.39, 0.29) is 35.6 Å². The molecule has 1 aliphatic carbocycles. The van der Waals surface area contributed by atoms with Gasteiger partial charge in [-0.05, 0) is 44.4 Å². The maximum absolute atomic E-state index is 15.9. The van der Waals surface area contributed by atoms with Gasteiger partial charge in [0.2, 0.25) is 0 Å². The van der Waals surface area contributed by atoms with E-state index in [1.54, 1.807) is 6.92 Å². The third-order valence-electron chi connectivity index (χ3n) is 6.42. The van der Waals surface area contributed by atoms with Gasteiger partial charge in [0.15, 0.2) is 17.1 Å². The van der Waals surface area contributed by atoms with Crippen molar-refractivity contribution >= 4 is 17.4 Å². The molecule has 4 rings (SSSR count). The highest BCUT2D eigenvalue weighted by atomic mass is 19.3. The Bertz CT molecular complexity index is 1030. The number of anilines is 1. The van der Waals surface area contributed by atoms with Crippen molar-refractivity contribution in [2.24, 2.45) is 16.1 Å². The summed E-state index contributed by atoms with van der Waals surface area (Å²) in [7, 11) is 0. The summed E-state index contributed by atoms with van der Waals surface area (Å²) in [5.74, 6) is -4.36. The molecule has 1 spiro atoms. The average molecular weight is 420 g/mol. The minimum Gasteiger partial charge on any atom is -0.448 e. The van der Waals surface area contributed by atoms with Crippen LogP contribution >= 0.6 is 0 Å². The van der Waals surface area contributed by atoms with Gasteiger partial charge in [-0.2, -0.15) is 0 Å². The van der Waals surface area contributed by atoms with Gasteiger partial charge in [0, 0.05) is 30.0 Å². The number of nitrogens with two attached hydrogens (primary N) is 1. The molecular weight excluding hydrogens is 397 g/mol. The van der Waals surface area contributed by atoms with Crippen molar-refractivity contribution in [2.75, 3.05) is 5.32 Å². The molecule has 160 valence electrons. The third kappa shape index (κ3) is 2.98. The van der Waals surface area contributed by atoms with Crippen molar-refractivity contribution in [1.29, 1.82) is 0 Å². The first-order valence-electron chi connectivity index (χ1n) is 9.83. The highest BCUT2D eigenvalue weighted by Gasteiger charge is 2.67. The molecule has 1 atom stereocenters. The van der Waals surface area contributed by atoms with Crippen LogP contribution in [0.2, 0.25) is 0 Å².